The number of benzene rings is 1. The van der Waals surface area contributed by atoms with Crippen molar-refractivity contribution in [3.05, 3.63) is 36.4 Å². The van der Waals surface area contributed by atoms with Gasteiger partial charge in [0, 0.05) is 13.1 Å². The zero-order valence-electron chi connectivity index (χ0n) is 11.5. The number of hydrogen-bond donors (Lipinski definition) is 1. The van der Waals surface area contributed by atoms with Crippen molar-refractivity contribution in [1.29, 1.82) is 0 Å². The molecule has 1 aromatic carbocycles. The van der Waals surface area contributed by atoms with Crippen molar-refractivity contribution in [2.45, 2.75) is 11.8 Å². The van der Waals surface area contributed by atoms with Gasteiger partial charge in [0.25, 0.3) is 0 Å². The van der Waals surface area contributed by atoms with Gasteiger partial charge in [-0.2, -0.15) is 4.31 Å². The number of methoxy groups -OCH3 is 1. The average Bonchev–Trinajstić information content (AvgIpc) is 2.43. The Bertz CT molecular complexity index is 611. The van der Waals surface area contributed by atoms with Crippen LogP contribution in [0.5, 0.6) is 0 Å². The van der Waals surface area contributed by atoms with E-state index in [-0.39, 0.29) is 22.7 Å². The molecule has 0 aromatic heterocycles. The normalized spacial score (nSPS) is 11.3. The predicted molar refractivity (Wildman–Crippen MR) is 76.8 cm³/mol. The van der Waals surface area contributed by atoms with Crippen LogP contribution in [-0.2, 0) is 14.8 Å². The van der Waals surface area contributed by atoms with Gasteiger partial charge >= 0.3 is 5.97 Å². The summed E-state index contributed by atoms with van der Waals surface area (Å²) in [6.07, 6.45) is 1.50. The van der Waals surface area contributed by atoms with Crippen LogP contribution in [0.4, 0.5) is 5.69 Å². The van der Waals surface area contributed by atoms with E-state index in [4.69, 9.17) is 5.73 Å². The first-order chi connectivity index (χ1) is 9.38. The summed E-state index contributed by atoms with van der Waals surface area (Å²) in [6, 6.07) is 3.97. The predicted octanol–water partition coefficient (Wildman–Crippen LogP) is 1.25. The standard InChI is InChI=1S/C13H18N2O4S/c1-4-8-15(5-2)20(17,18)12-7-6-10(9-11(12)14)13(16)19-3/h4,6-7,9H,1,5,8,14H2,2-3H3. The quantitative estimate of drug-likeness (QED) is 0.485. The third-order valence-electron chi connectivity index (χ3n) is 2.73. The van der Waals surface area contributed by atoms with Crippen LogP contribution in [0.1, 0.15) is 17.3 Å². The van der Waals surface area contributed by atoms with Gasteiger partial charge in [0.05, 0.1) is 18.4 Å². The number of rotatable bonds is 6. The van der Waals surface area contributed by atoms with Crippen LogP contribution in [0.25, 0.3) is 0 Å². The minimum atomic E-state index is -3.71. The van der Waals surface area contributed by atoms with Crippen molar-refractivity contribution in [3.63, 3.8) is 0 Å². The maximum Gasteiger partial charge on any atom is 0.337 e. The summed E-state index contributed by atoms with van der Waals surface area (Å²) in [5.74, 6) is -0.570. The SMILES string of the molecule is C=CCN(CC)S(=O)(=O)c1ccc(C(=O)OC)cc1N. The fourth-order valence-corrected chi connectivity index (χ4v) is 3.23. The number of carbonyl (C=O) groups is 1. The molecule has 0 spiro atoms. The second kappa shape index (κ2) is 6.53. The molecule has 1 rings (SSSR count). The van der Waals surface area contributed by atoms with Gasteiger partial charge in [-0.3, -0.25) is 0 Å². The number of nitrogens with zero attached hydrogens (tertiary/aromatic N) is 1. The van der Waals surface area contributed by atoms with Gasteiger partial charge in [0.15, 0.2) is 0 Å². The smallest absolute Gasteiger partial charge is 0.337 e. The molecule has 0 atom stereocenters. The van der Waals surface area contributed by atoms with Gasteiger partial charge in [0.1, 0.15) is 4.90 Å². The van der Waals surface area contributed by atoms with E-state index in [2.05, 4.69) is 11.3 Å². The van der Waals surface area contributed by atoms with Gasteiger partial charge < -0.3 is 10.5 Å². The first-order valence-corrected chi connectivity index (χ1v) is 7.41. The molecule has 6 nitrogen and oxygen atoms in total. The van der Waals surface area contributed by atoms with E-state index in [0.29, 0.717) is 6.54 Å². The number of nitrogen functional groups attached to an aromatic ring is 1. The van der Waals surface area contributed by atoms with Crippen molar-refractivity contribution in [2.75, 3.05) is 25.9 Å². The minimum absolute atomic E-state index is 0.00964. The summed E-state index contributed by atoms with van der Waals surface area (Å²) in [7, 11) is -2.47. The van der Waals surface area contributed by atoms with Gasteiger partial charge in [-0.15, -0.1) is 6.58 Å². The molecule has 0 aliphatic carbocycles. The van der Waals surface area contributed by atoms with Crippen LogP contribution in [0.15, 0.2) is 35.7 Å². The number of anilines is 1. The lowest BCUT2D eigenvalue weighted by molar-refractivity contribution is 0.0600. The number of likely N-dealkylation sites (N-methyl/N-ethyl adjacent to an activating group) is 1. The molecule has 0 saturated carbocycles. The molecular weight excluding hydrogens is 280 g/mol. The highest BCUT2D eigenvalue weighted by atomic mass is 32.2. The van der Waals surface area contributed by atoms with Crippen LogP contribution in [0.2, 0.25) is 0 Å². The van der Waals surface area contributed by atoms with Gasteiger partial charge in [0.2, 0.25) is 10.0 Å². The number of sulfonamides is 1. The second-order valence-corrected chi connectivity index (χ2v) is 5.89. The van der Waals surface area contributed by atoms with E-state index < -0.39 is 16.0 Å². The molecule has 0 aliphatic heterocycles. The molecule has 1 aromatic rings. The number of esters is 1. The lowest BCUT2D eigenvalue weighted by atomic mass is 10.2. The minimum Gasteiger partial charge on any atom is -0.465 e. The second-order valence-electron chi connectivity index (χ2n) is 3.99. The Morgan fingerprint density at radius 2 is 2.15 bits per heavy atom. The summed E-state index contributed by atoms with van der Waals surface area (Å²) >= 11 is 0. The highest BCUT2D eigenvalue weighted by Gasteiger charge is 2.25. The maximum absolute atomic E-state index is 12.4. The highest BCUT2D eigenvalue weighted by molar-refractivity contribution is 7.89. The Balaban J connectivity index is 3.26. The van der Waals surface area contributed by atoms with Crippen molar-refractivity contribution in [1.82, 2.24) is 4.31 Å². The third-order valence-corrected chi connectivity index (χ3v) is 4.75. The topological polar surface area (TPSA) is 89.7 Å². The molecule has 0 unspecified atom stereocenters. The third kappa shape index (κ3) is 3.17. The molecule has 0 fully saturated rings. The summed E-state index contributed by atoms with van der Waals surface area (Å²) < 4.78 is 30.6. The van der Waals surface area contributed by atoms with E-state index in [1.54, 1.807) is 6.92 Å². The average molecular weight is 298 g/mol. The van der Waals surface area contributed by atoms with Gasteiger partial charge in [-0.05, 0) is 18.2 Å². The Hall–Kier alpha value is -1.86. The molecule has 0 heterocycles. The number of hydrogen-bond acceptors (Lipinski definition) is 5. The van der Waals surface area contributed by atoms with Crippen molar-refractivity contribution >= 4 is 21.7 Å². The summed E-state index contributed by atoms with van der Waals surface area (Å²) in [4.78, 5) is 11.3. The molecule has 0 radical (unpaired) electrons. The lowest BCUT2D eigenvalue weighted by Gasteiger charge is -2.19. The Labute approximate surface area is 118 Å². The maximum atomic E-state index is 12.4. The van der Waals surface area contributed by atoms with E-state index in [1.807, 2.05) is 0 Å². The monoisotopic (exact) mass is 298 g/mol. The van der Waals surface area contributed by atoms with E-state index in [9.17, 15) is 13.2 Å². The van der Waals surface area contributed by atoms with Crippen molar-refractivity contribution in [3.8, 4) is 0 Å². The highest BCUT2D eigenvalue weighted by Crippen LogP contribution is 2.23. The molecular formula is C13H18N2O4S. The summed E-state index contributed by atoms with van der Waals surface area (Å²) in [6.45, 7) is 5.74. The van der Waals surface area contributed by atoms with Crippen molar-refractivity contribution < 1.29 is 17.9 Å². The van der Waals surface area contributed by atoms with Crippen LogP contribution in [0.3, 0.4) is 0 Å². The molecule has 0 aliphatic rings. The molecule has 20 heavy (non-hydrogen) atoms. The van der Waals surface area contributed by atoms with Crippen LogP contribution >= 0.6 is 0 Å². The van der Waals surface area contributed by atoms with Crippen LogP contribution < -0.4 is 5.73 Å². The zero-order valence-corrected chi connectivity index (χ0v) is 12.3. The van der Waals surface area contributed by atoms with E-state index in [0.717, 1.165) is 0 Å². The number of carbonyl (C=O) groups excluding carboxylic acids is 1. The largest absolute Gasteiger partial charge is 0.465 e. The summed E-state index contributed by atoms with van der Waals surface area (Å²) in [5.41, 5.74) is 5.96. The van der Waals surface area contributed by atoms with Gasteiger partial charge in [-0.25, -0.2) is 13.2 Å². The first kappa shape index (κ1) is 16.2. The fourth-order valence-electron chi connectivity index (χ4n) is 1.71. The van der Waals surface area contributed by atoms with Crippen molar-refractivity contribution in [2.24, 2.45) is 0 Å². The van der Waals surface area contributed by atoms with Crippen LogP contribution in [0, 0.1) is 0 Å². The summed E-state index contributed by atoms with van der Waals surface area (Å²) in [5, 5.41) is 0. The van der Waals surface area contributed by atoms with Gasteiger partial charge in [-0.1, -0.05) is 13.0 Å². The molecule has 110 valence electrons. The Morgan fingerprint density at radius 1 is 1.50 bits per heavy atom. The Kier molecular flexibility index (Phi) is 5.29. The van der Waals surface area contributed by atoms with Crippen LogP contribution in [-0.4, -0.2) is 38.9 Å². The molecule has 7 heteroatoms. The molecule has 2 N–H and O–H groups in total. The fraction of sp³-hybridized carbons (Fsp3) is 0.308. The van der Waals surface area contributed by atoms with E-state index >= 15 is 0 Å². The first-order valence-electron chi connectivity index (χ1n) is 5.97. The lowest BCUT2D eigenvalue weighted by Crippen LogP contribution is -2.31. The molecule has 0 saturated heterocycles. The zero-order chi connectivity index (χ0) is 15.3. The Morgan fingerprint density at radius 3 is 2.60 bits per heavy atom. The van der Waals surface area contributed by atoms with E-state index in [1.165, 1.54) is 35.7 Å². The molecule has 0 amide bonds. The number of nitrogens with two attached hydrogens (primary N) is 1. The number of ether oxygens (including phenoxy) is 1. The molecule has 0 bridgehead atoms.